The van der Waals surface area contributed by atoms with E-state index in [9.17, 15) is 9.59 Å². The Morgan fingerprint density at radius 1 is 1.32 bits per heavy atom. The highest BCUT2D eigenvalue weighted by Crippen LogP contribution is 2.25. The molecule has 0 radical (unpaired) electrons. The third-order valence-electron chi connectivity index (χ3n) is 5.17. The van der Waals surface area contributed by atoms with Crippen molar-refractivity contribution in [3.05, 3.63) is 36.0 Å². The third-order valence-corrected chi connectivity index (χ3v) is 5.17. The summed E-state index contributed by atoms with van der Waals surface area (Å²) in [5.74, 6) is -0.0243. The molecule has 1 aromatic heterocycles. The zero-order chi connectivity index (χ0) is 17.2. The van der Waals surface area contributed by atoms with Gasteiger partial charge in [0.15, 0.2) is 0 Å². The van der Waals surface area contributed by atoms with Crippen molar-refractivity contribution in [3.63, 3.8) is 0 Å². The minimum atomic E-state index is -0.387. The lowest BCUT2D eigenvalue weighted by molar-refractivity contribution is -0.136. The number of nitrogens with one attached hydrogen (secondary N) is 2. The van der Waals surface area contributed by atoms with Crippen LogP contribution in [0.5, 0.6) is 0 Å². The van der Waals surface area contributed by atoms with Crippen LogP contribution in [-0.2, 0) is 20.9 Å². The molecule has 6 heteroatoms. The van der Waals surface area contributed by atoms with Crippen LogP contribution >= 0.6 is 0 Å². The highest BCUT2D eigenvalue weighted by atomic mass is 16.5. The lowest BCUT2D eigenvalue weighted by Crippen LogP contribution is -2.46. The van der Waals surface area contributed by atoms with Gasteiger partial charge in [0.05, 0.1) is 6.10 Å². The second-order valence-electron chi connectivity index (χ2n) is 6.82. The van der Waals surface area contributed by atoms with E-state index < -0.39 is 0 Å². The number of amides is 2. The first-order chi connectivity index (χ1) is 12.2. The fraction of sp³-hybridized carbons (Fsp3) is 0.474. The molecule has 132 valence electrons. The molecule has 0 bridgehead atoms. The van der Waals surface area contributed by atoms with Gasteiger partial charge in [-0.1, -0.05) is 18.2 Å². The van der Waals surface area contributed by atoms with Crippen molar-refractivity contribution in [1.29, 1.82) is 0 Å². The standard InChI is InChI=1S/C19H23N3O3/c23-18-8-7-17(19(24)21-11-14-4-3-9-25-14)22(18)12-13-10-20-16-6-2-1-5-15(13)16/h1-2,5-6,10,14,17,20H,3-4,7-9,11-12H2,(H,21,24)/t14-,17+/m1/s1. The molecule has 2 amide bonds. The molecule has 0 saturated carbocycles. The van der Waals surface area contributed by atoms with Crippen molar-refractivity contribution >= 4 is 22.7 Å². The quantitative estimate of drug-likeness (QED) is 0.873. The molecule has 2 N–H and O–H groups in total. The Morgan fingerprint density at radius 2 is 2.20 bits per heavy atom. The lowest BCUT2D eigenvalue weighted by Gasteiger charge is -2.24. The summed E-state index contributed by atoms with van der Waals surface area (Å²) in [6.45, 7) is 1.76. The Bertz CT molecular complexity index is 779. The molecular formula is C19H23N3O3. The molecule has 1 aromatic carbocycles. The van der Waals surface area contributed by atoms with E-state index in [4.69, 9.17) is 4.74 Å². The highest BCUT2D eigenvalue weighted by Gasteiger charge is 2.36. The molecule has 0 aliphatic carbocycles. The molecule has 2 fully saturated rings. The summed E-state index contributed by atoms with van der Waals surface area (Å²) in [5, 5.41) is 4.07. The average molecular weight is 341 g/mol. The Balaban J connectivity index is 1.45. The van der Waals surface area contributed by atoms with E-state index in [2.05, 4.69) is 10.3 Å². The maximum absolute atomic E-state index is 12.6. The van der Waals surface area contributed by atoms with Crippen LogP contribution in [0.25, 0.3) is 10.9 Å². The first-order valence-corrected chi connectivity index (χ1v) is 8.96. The van der Waals surface area contributed by atoms with Gasteiger partial charge >= 0.3 is 0 Å². The monoisotopic (exact) mass is 341 g/mol. The molecule has 0 spiro atoms. The minimum Gasteiger partial charge on any atom is -0.376 e. The summed E-state index contributed by atoms with van der Waals surface area (Å²) >= 11 is 0. The SMILES string of the molecule is O=C(NC[C@H]1CCCO1)[C@@H]1CCC(=O)N1Cc1c[nH]c2ccccc12. The zero-order valence-electron chi connectivity index (χ0n) is 14.2. The van der Waals surface area contributed by atoms with Gasteiger partial charge in [-0.05, 0) is 30.9 Å². The minimum absolute atomic E-state index is 0.0440. The van der Waals surface area contributed by atoms with Crippen molar-refractivity contribution in [1.82, 2.24) is 15.2 Å². The van der Waals surface area contributed by atoms with Crippen LogP contribution in [0.4, 0.5) is 0 Å². The van der Waals surface area contributed by atoms with Gasteiger partial charge in [0.1, 0.15) is 6.04 Å². The number of carbonyl (C=O) groups is 2. The predicted molar refractivity (Wildman–Crippen MR) is 93.9 cm³/mol. The number of fused-ring (bicyclic) bond motifs is 1. The second kappa shape index (κ2) is 6.88. The summed E-state index contributed by atoms with van der Waals surface area (Å²) in [6, 6.07) is 7.62. The Kier molecular flexibility index (Phi) is 4.44. The van der Waals surface area contributed by atoms with Crippen molar-refractivity contribution in [2.24, 2.45) is 0 Å². The lowest BCUT2D eigenvalue weighted by atomic mass is 10.1. The smallest absolute Gasteiger partial charge is 0.242 e. The largest absolute Gasteiger partial charge is 0.376 e. The molecule has 2 atom stereocenters. The maximum atomic E-state index is 12.6. The van der Waals surface area contributed by atoms with E-state index in [1.807, 2.05) is 30.5 Å². The first-order valence-electron chi connectivity index (χ1n) is 8.96. The number of H-pyrrole nitrogens is 1. The van der Waals surface area contributed by atoms with Gasteiger partial charge in [-0.15, -0.1) is 0 Å². The number of aromatic amines is 1. The zero-order valence-corrected chi connectivity index (χ0v) is 14.2. The predicted octanol–water partition coefficient (Wildman–Crippen LogP) is 1.95. The van der Waals surface area contributed by atoms with Gasteiger partial charge in [0.2, 0.25) is 11.8 Å². The highest BCUT2D eigenvalue weighted by molar-refractivity contribution is 5.91. The van der Waals surface area contributed by atoms with Crippen LogP contribution in [-0.4, -0.2) is 47.0 Å². The normalized spacial score (nSPS) is 23.5. The van der Waals surface area contributed by atoms with E-state index in [-0.39, 0.29) is 24.0 Å². The number of carbonyl (C=O) groups excluding carboxylic acids is 2. The number of rotatable bonds is 5. The summed E-state index contributed by atoms with van der Waals surface area (Å²) in [4.78, 5) is 29.8. The van der Waals surface area contributed by atoms with E-state index in [0.29, 0.717) is 25.9 Å². The number of hydrogen-bond donors (Lipinski definition) is 2. The van der Waals surface area contributed by atoms with Gasteiger partial charge in [0, 0.05) is 43.2 Å². The average Bonchev–Trinajstić information content (AvgIpc) is 3.35. The fourth-order valence-corrected chi connectivity index (χ4v) is 3.79. The number of para-hydroxylation sites is 1. The number of hydrogen-bond acceptors (Lipinski definition) is 3. The first kappa shape index (κ1) is 16.1. The summed E-state index contributed by atoms with van der Waals surface area (Å²) < 4.78 is 5.55. The van der Waals surface area contributed by atoms with Crippen molar-refractivity contribution in [3.8, 4) is 0 Å². The topological polar surface area (TPSA) is 74.4 Å². The van der Waals surface area contributed by atoms with Crippen molar-refractivity contribution < 1.29 is 14.3 Å². The number of aromatic nitrogens is 1. The van der Waals surface area contributed by atoms with Crippen LogP contribution < -0.4 is 5.32 Å². The van der Waals surface area contributed by atoms with Gasteiger partial charge < -0.3 is 19.9 Å². The van der Waals surface area contributed by atoms with Gasteiger partial charge in [-0.25, -0.2) is 0 Å². The Hall–Kier alpha value is -2.34. The molecule has 2 aliphatic heterocycles. The Labute approximate surface area is 146 Å². The molecular weight excluding hydrogens is 318 g/mol. The second-order valence-corrected chi connectivity index (χ2v) is 6.82. The van der Waals surface area contributed by atoms with Crippen LogP contribution in [0.1, 0.15) is 31.2 Å². The van der Waals surface area contributed by atoms with E-state index in [1.54, 1.807) is 4.90 Å². The maximum Gasteiger partial charge on any atom is 0.242 e. The molecule has 4 rings (SSSR count). The molecule has 2 saturated heterocycles. The summed E-state index contributed by atoms with van der Waals surface area (Å²) in [6.07, 6.45) is 5.09. The molecule has 2 aliphatic rings. The molecule has 0 unspecified atom stereocenters. The molecule has 6 nitrogen and oxygen atoms in total. The summed E-state index contributed by atoms with van der Waals surface area (Å²) in [5.41, 5.74) is 2.09. The van der Waals surface area contributed by atoms with E-state index in [1.165, 1.54) is 0 Å². The molecule has 2 aromatic rings. The summed E-state index contributed by atoms with van der Waals surface area (Å²) in [7, 11) is 0. The molecule has 3 heterocycles. The van der Waals surface area contributed by atoms with Gasteiger partial charge in [0.25, 0.3) is 0 Å². The van der Waals surface area contributed by atoms with Crippen LogP contribution in [0.2, 0.25) is 0 Å². The van der Waals surface area contributed by atoms with Crippen LogP contribution in [0.3, 0.4) is 0 Å². The molecule has 25 heavy (non-hydrogen) atoms. The van der Waals surface area contributed by atoms with Gasteiger partial charge in [-0.2, -0.15) is 0 Å². The van der Waals surface area contributed by atoms with Crippen molar-refractivity contribution in [2.75, 3.05) is 13.2 Å². The number of nitrogens with zero attached hydrogens (tertiary/aromatic N) is 1. The van der Waals surface area contributed by atoms with Crippen LogP contribution in [0.15, 0.2) is 30.5 Å². The van der Waals surface area contributed by atoms with Crippen LogP contribution in [0, 0.1) is 0 Å². The number of benzene rings is 1. The third kappa shape index (κ3) is 3.26. The Morgan fingerprint density at radius 3 is 3.04 bits per heavy atom. The van der Waals surface area contributed by atoms with E-state index in [0.717, 1.165) is 35.9 Å². The van der Waals surface area contributed by atoms with Crippen molar-refractivity contribution in [2.45, 2.75) is 44.4 Å². The van der Waals surface area contributed by atoms with Gasteiger partial charge in [-0.3, -0.25) is 9.59 Å². The van der Waals surface area contributed by atoms with E-state index >= 15 is 0 Å². The number of ether oxygens (including phenoxy) is 1. The fourth-order valence-electron chi connectivity index (χ4n) is 3.79. The number of likely N-dealkylation sites (tertiary alicyclic amines) is 1.